The SMILES string of the molecule is CC.c1ccc(-c2c[nH]c3ccccc23)cc1. The molecule has 0 amide bonds. The highest BCUT2D eigenvalue weighted by atomic mass is 14.7. The fourth-order valence-corrected chi connectivity index (χ4v) is 1.93. The Balaban J connectivity index is 0.000000514. The monoisotopic (exact) mass is 223 g/mol. The number of fused-ring (bicyclic) bond motifs is 1. The molecule has 0 aliphatic rings. The van der Waals surface area contributed by atoms with Gasteiger partial charge in [0.2, 0.25) is 0 Å². The average molecular weight is 223 g/mol. The molecule has 1 aromatic heterocycles. The molecule has 0 unspecified atom stereocenters. The van der Waals surface area contributed by atoms with Crippen molar-refractivity contribution in [1.82, 2.24) is 4.98 Å². The van der Waals surface area contributed by atoms with Crippen LogP contribution in [0.3, 0.4) is 0 Å². The van der Waals surface area contributed by atoms with Crippen molar-refractivity contribution in [3.8, 4) is 11.1 Å². The molecule has 1 heteroatoms. The van der Waals surface area contributed by atoms with Crippen LogP contribution >= 0.6 is 0 Å². The van der Waals surface area contributed by atoms with Gasteiger partial charge in [0.05, 0.1) is 0 Å². The Morgan fingerprint density at radius 3 is 2.18 bits per heavy atom. The Kier molecular flexibility index (Phi) is 3.61. The van der Waals surface area contributed by atoms with Crippen LogP contribution in [-0.2, 0) is 0 Å². The van der Waals surface area contributed by atoms with E-state index in [1.54, 1.807) is 0 Å². The summed E-state index contributed by atoms with van der Waals surface area (Å²) in [5, 5.41) is 1.28. The highest BCUT2D eigenvalue weighted by molar-refractivity contribution is 5.95. The normalized spacial score (nSPS) is 9.76. The number of aromatic amines is 1. The lowest BCUT2D eigenvalue weighted by Crippen LogP contribution is -1.73. The molecule has 1 N–H and O–H groups in total. The number of hydrogen-bond acceptors (Lipinski definition) is 0. The van der Waals surface area contributed by atoms with Gasteiger partial charge in [-0.3, -0.25) is 0 Å². The molecule has 3 rings (SSSR count). The first-order valence-electron chi connectivity index (χ1n) is 6.07. The van der Waals surface area contributed by atoms with Crippen LogP contribution in [0, 0.1) is 0 Å². The van der Waals surface area contributed by atoms with E-state index in [4.69, 9.17) is 0 Å². The van der Waals surface area contributed by atoms with E-state index in [1.165, 1.54) is 22.0 Å². The molecule has 1 nitrogen and oxygen atoms in total. The van der Waals surface area contributed by atoms with Gasteiger partial charge in [-0.2, -0.15) is 0 Å². The van der Waals surface area contributed by atoms with E-state index in [-0.39, 0.29) is 0 Å². The molecule has 0 atom stereocenters. The second-order valence-corrected chi connectivity index (χ2v) is 3.61. The Morgan fingerprint density at radius 2 is 1.41 bits per heavy atom. The molecular weight excluding hydrogens is 206 g/mol. The molecule has 3 aromatic rings. The van der Waals surface area contributed by atoms with Crippen molar-refractivity contribution in [2.75, 3.05) is 0 Å². The molecule has 0 bridgehead atoms. The molecule has 0 spiro atoms. The Labute approximate surface area is 102 Å². The number of hydrogen-bond donors (Lipinski definition) is 1. The summed E-state index contributed by atoms with van der Waals surface area (Å²) >= 11 is 0. The lowest BCUT2D eigenvalue weighted by molar-refractivity contribution is 1.47. The lowest BCUT2D eigenvalue weighted by Gasteiger charge is -1.97. The first-order chi connectivity index (χ1) is 8.45. The number of H-pyrrole nitrogens is 1. The number of para-hydroxylation sites is 1. The zero-order chi connectivity index (χ0) is 12.1. The minimum atomic E-state index is 1.19. The van der Waals surface area contributed by atoms with Gasteiger partial charge >= 0.3 is 0 Å². The predicted octanol–water partition coefficient (Wildman–Crippen LogP) is 4.86. The molecule has 17 heavy (non-hydrogen) atoms. The van der Waals surface area contributed by atoms with Gasteiger partial charge in [0.15, 0.2) is 0 Å². The van der Waals surface area contributed by atoms with Gasteiger partial charge in [0.1, 0.15) is 0 Å². The smallest absolute Gasteiger partial charge is 0.0460 e. The summed E-state index contributed by atoms with van der Waals surface area (Å²) in [6.07, 6.45) is 2.07. The largest absolute Gasteiger partial charge is 0.361 e. The summed E-state index contributed by atoms with van der Waals surface area (Å²) in [5.74, 6) is 0. The van der Waals surface area contributed by atoms with Crippen molar-refractivity contribution in [3.05, 3.63) is 60.8 Å². The Hall–Kier alpha value is -2.02. The Morgan fingerprint density at radius 1 is 0.765 bits per heavy atom. The van der Waals surface area contributed by atoms with Crippen LogP contribution < -0.4 is 0 Å². The standard InChI is InChI=1S/C14H11N.C2H6/c1-2-6-11(7-3-1)13-10-15-14-9-5-4-8-12(13)14;1-2/h1-10,15H;1-2H3. The number of aromatic nitrogens is 1. The first kappa shape index (κ1) is 11.5. The fourth-order valence-electron chi connectivity index (χ4n) is 1.93. The summed E-state index contributed by atoms with van der Waals surface area (Å²) in [4.78, 5) is 3.29. The van der Waals surface area contributed by atoms with Crippen LogP contribution in [0.2, 0.25) is 0 Å². The highest BCUT2D eigenvalue weighted by Crippen LogP contribution is 2.27. The Bertz CT molecular complexity index is 579. The molecule has 0 radical (unpaired) electrons. The van der Waals surface area contributed by atoms with E-state index in [0.29, 0.717) is 0 Å². The number of benzene rings is 2. The van der Waals surface area contributed by atoms with Crippen molar-refractivity contribution in [3.63, 3.8) is 0 Å². The molecule has 0 aliphatic carbocycles. The van der Waals surface area contributed by atoms with E-state index in [1.807, 2.05) is 26.0 Å². The van der Waals surface area contributed by atoms with Gasteiger partial charge in [0.25, 0.3) is 0 Å². The van der Waals surface area contributed by atoms with Crippen molar-refractivity contribution in [1.29, 1.82) is 0 Å². The molecule has 0 saturated carbocycles. The zero-order valence-electron chi connectivity index (χ0n) is 10.3. The molecule has 1 heterocycles. The van der Waals surface area contributed by atoms with Crippen LogP contribution in [0.15, 0.2) is 60.8 Å². The minimum Gasteiger partial charge on any atom is -0.361 e. The topological polar surface area (TPSA) is 15.8 Å². The minimum absolute atomic E-state index is 1.19. The van der Waals surface area contributed by atoms with E-state index >= 15 is 0 Å². The average Bonchev–Trinajstić information content (AvgIpc) is 2.86. The van der Waals surface area contributed by atoms with E-state index < -0.39 is 0 Å². The van der Waals surface area contributed by atoms with Crippen LogP contribution in [0.1, 0.15) is 13.8 Å². The maximum atomic E-state index is 3.29. The second kappa shape index (κ2) is 5.35. The van der Waals surface area contributed by atoms with Crippen molar-refractivity contribution < 1.29 is 0 Å². The summed E-state index contributed by atoms with van der Waals surface area (Å²) in [6.45, 7) is 4.00. The highest BCUT2D eigenvalue weighted by Gasteiger charge is 2.03. The molecule has 0 fully saturated rings. The molecule has 2 aromatic carbocycles. The van der Waals surface area contributed by atoms with Gasteiger partial charge in [-0.1, -0.05) is 62.4 Å². The molecule has 0 saturated heterocycles. The summed E-state index contributed by atoms with van der Waals surface area (Å²) in [5.41, 5.74) is 3.72. The van der Waals surface area contributed by atoms with E-state index in [2.05, 4.69) is 53.6 Å². The molecule has 0 aliphatic heterocycles. The van der Waals surface area contributed by atoms with Gasteiger partial charge < -0.3 is 4.98 Å². The van der Waals surface area contributed by atoms with E-state index in [0.717, 1.165) is 0 Å². The van der Waals surface area contributed by atoms with Gasteiger partial charge in [-0.15, -0.1) is 0 Å². The maximum absolute atomic E-state index is 3.29. The predicted molar refractivity (Wildman–Crippen MR) is 75.1 cm³/mol. The van der Waals surface area contributed by atoms with Crippen LogP contribution in [0.25, 0.3) is 22.0 Å². The van der Waals surface area contributed by atoms with Crippen molar-refractivity contribution in [2.24, 2.45) is 0 Å². The molecular formula is C16H17N. The van der Waals surface area contributed by atoms with Crippen LogP contribution in [0.4, 0.5) is 0 Å². The zero-order valence-corrected chi connectivity index (χ0v) is 10.3. The molecule has 86 valence electrons. The first-order valence-corrected chi connectivity index (χ1v) is 6.07. The quantitative estimate of drug-likeness (QED) is 0.606. The van der Waals surface area contributed by atoms with Gasteiger partial charge in [-0.25, -0.2) is 0 Å². The van der Waals surface area contributed by atoms with Gasteiger partial charge in [0, 0.05) is 22.7 Å². The van der Waals surface area contributed by atoms with Crippen LogP contribution in [-0.4, -0.2) is 4.98 Å². The number of rotatable bonds is 1. The lowest BCUT2D eigenvalue weighted by atomic mass is 10.1. The second-order valence-electron chi connectivity index (χ2n) is 3.61. The van der Waals surface area contributed by atoms with E-state index in [9.17, 15) is 0 Å². The maximum Gasteiger partial charge on any atom is 0.0460 e. The third-order valence-electron chi connectivity index (χ3n) is 2.67. The third kappa shape index (κ3) is 2.23. The fraction of sp³-hybridized carbons (Fsp3) is 0.125. The summed E-state index contributed by atoms with van der Waals surface area (Å²) < 4.78 is 0. The third-order valence-corrected chi connectivity index (χ3v) is 2.67. The number of nitrogens with one attached hydrogen (secondary N) is 1. The van der Waals surface area contributed by atoms with Gasteiger partial charge in [-0.05, 0) is 11.6 Å². The summed E-state index contributed by atoms with van der Waals surface area (Å²) in [6, 6.07) is 18.8. The van der Waals surface area contributed by atoms with Crippen LogP contribution in [0.5, 0.6) is 0 Å². The van der Waals surface area contributed by atoms with Crippen molar-refractivity contribution in [2.45, 2.75) is 13.8 Å². The summed E-state index contributed by atoms with van der Waals surface area (Å²) in [7, 11) is 0. The van der Waals surface area contributed by atoms with Crippen molar-refractivity contribution >= 4 is 10.9 Å².